The van der Waals surface area contributed by atoms with Crippen molar-refractivity contribution in [2.45, 2.75) is 9.79 Å². The van der Waals surface area contributed by atoms with Gasteiger partial charge in [-0.05, 0) is 97.1 Å². The zero-order valence-corrected chi connectivity index (χ0v) is 23.0. The van der Waals surface area contributed by atoms with E-state index in [4.69, 9.17) is 28.4 Å². The number of esters is 2. The Balaban J connectivity index is 1.36. The van der Waals surface area contributed by atoms with E-state index in [0.29, 0.717) is 22.6 Å². The Morgan fingerprint density at radius 3 is 1.15 bits per heavy atom. The SMILES string of the molecule is COCOc1ccc(C(=O)Oc2ccc(S(=O)(=O)c3ccc(OC(=O)c4ccc(OCOC)cc4)cc3)cc2)cc1. The van der Waals surface area contributed by atoms with E-state index in [-0.39, 0.29) is 34.9 Å². The maximum absolute atomic E-state index is 13.1. The maximum Gasteiger partial charge on any atom is 0.343 e. The highest BCUT2D eigenvalue weighted by atomic mass is 32.2. The van der Waals surface area contributed by atoms with E-state index in [1.54, 1.807) is 48.5 Å². The Bertz CT molecular complexity index is 1450. The third kappa shape index (κ3) is 7.70. The van der Waals surface area contributed by atoms with Crippen LogP contribution in [0, 0.1) is 0 Å². The smallest absolute Gasteiger partial charge is 0.343 e. The Labute approximate surface area is 236 Å². The van der Waals surface area contributed by atoms with Crippen molar-refractivity contribution < 1.29 is 46.4 Å². The molecule has 0 radical (unpaired) electrons. The number of hydrogen-bond donors (Lipinski definition) is 0. The number of carbonyl (C=O) groups excluding carboxylic acids is 2. The van der Waals surface area contributed by atoms with Crippen LogP contribution in [-0.4, -0.2) is 48.2 Å². The zero-order chi connectivity index (χ0) is 29.2. The van der Waals surface area contributed by atoms with Crippen molar-refractivity contribution in [1.82, 2.24) is 0 Å². The van der Waals surface area contributed by atoms with Gasteiger partial charge in [-0.15, -0.1) is 0 Å². The summed E-state index contributed by atoms with van der Waals surface area (Å²) >= 11 is 0. The normalized spacial score (nSPS) is 11.0. The lowest BCUT2D eigenvalue weighted by molar-refractivity contribution is 0.0509. The van der Waals surface area contributed by atoms with Crippen LogP contribution in [0.15, 0.2) is 107 Å². The molecule has 0 saturated heterocycles. The molecule has 0 heterocycles. The lowest BCUT2D eigenvalue weighted by atomic mass is 10.2. The molecule has 11 heteroatoms. The van der Waals surface area contributed by atoms with Crippen LogP contribution in [0.3, 0.4) is 0 Å². The quantitative estimate of drug-likeness (QED) is 0.130. The first-order valence-corrected chi connectivity index (χ1v) is 13.6. The summed E-state index contributed by atoms with van der Waals surface area (Å²) < 4.78 is 57.1. The molecule has 0 unspecified atom stereocenters. The molecule has 212 valence electrons. The molecule has 0 bridgehead atoms. The third-order valence-electron chi connectivity index (χ3n) is 5.56. The minimum absolute atomic E-state index is 0.00234. The number of sulfone groups is 1. The summed E-state index contributed by atoms with van der Waals surface area (Å²) in [6.07, 6.45) is 0. The first-order chi connectivity index (χ1) is 19.8. The van der Waals surface area contributed by atoms with Crippen LogP contribution >= 0.6 is 0 Å². The summed E-state index contributed by atoms with van der Waals surface area (Å²) in [6, 6.07) is 23.5. The molecule has 10 nitrogen and oxygen atoms in total. The minimum Gasteiger partial charge on any atom is -0.468 e. The van der Waals surface area contributed by atoms with Gasteiger partial charge in [0.2, 0.25) is 9.84 Å². The summed E-state index contributed by atoms with van der Waals surface area (Å²) in [5.41, 5.74) is 0.584. The highest BCUT2D eigenvalue weighted by Gasteiger charge is 2.19. The molecule has 4 rings (SSSR count). The number of hydrogen-bond acceptors (Lipinski definition) is 10. The van der Waals surface area contributed by atoms with Crippen LogP contribution < -0.4 is 18.9 Å². The van der Waals surface area contributed by atoms with E-state index in [1.165, 1.54) is 62.8 Å². The molecule has 41 heavy (non-hydrogen) atoms. The molecule has 0 saturated carbocycles. The van der Waals surface area contributed by atoms with Gasteiger partial charge >= 0.3 is 11.9 Å². The van der Waals surface area contributed by atoms with Crippen molar-refractivity contribution in [1.29, 1.82) is 0 Å². The standard InChI is InChI=1S/C30H26O10S/c1-35-19-37-23-7-3-21(4-8-23)29(31)39-25-11-15-27(16-12-25)41(33,34)28-17-13-26(14-18-28)40-30(32)22-5-9-24(10-6-22)38-20-36-2/h3-18H,19-20H2,1-2H3. The predicted molar refractivity (Wildman–Crippen MR) is 146 cm³/mol. The molecule has 0 fully saturated rings. The minimum atomic E-state index is -3.89. The van der Waals surface area contributed by atoms with E-state index in [1.807, 2.05) is 0 Å². The lowest BCUT2D eigenvalue weighted by Gasteiger charge is -2.09. The van der Waals surface area contributed by atoms with E-state index in [9.17, 15) is 18.0 Å². The van der Waals surface area contributed by atoms with Gasteiger partial charge in [0.15, 0.2) is 13.6 Å². The Morgan fingerprint density at radius 1 is 0.512 bits per heavy atom. The van der Waals surface area contributed by atoms with E-state index < -0.39 is 21.8 Å². The fourth-order valence-electron chi connectivity index (χ4n) is 3.47. The first kappa shape index (κ1) is 29.3. The van der Waals surface area contributed by atoms with Gasteiger partial charge < -0.3 is 28.4 Å². The van der Waals surface area contributed by atoms with Gasteiger partial charge in [-0.3, -0.25) is 0 Å². The number of rotatable bonds is 12. The van der Waals surface area contributed by atoms with Crippen molar-refractivity contribution in [2.24, 2.45) is 0 Å². The van der Waals surface area contributed by atoms with Gasteiger partial charge in [-0.25, -0.2) is 18.0 Å². The van der Waals surface area contributed by atoms with E-state index in [2.05, 4.69) is 0 Å². The van der Waals surface area contributed by atoms with E-state index >= 15 is 0 Å². The Kier molecular flexibility index (Phi) is 9.69. The van der Waals surface area contributed by atoms with Crippen LogP contribution in [-0.2, 0) is 19.3 Å². The molecule has 0 aliphatic heterocycles. The molecule has 0 aliphatic rings. The van der Waals surface area contributed by atoms with Crippen LogP contribution in [0.4, 0.5) is 0 Å². The summed E-state index contributed by atoms with van der Waals surface area (Å²) in [5, 5.41) is 0. The summed E-state index contributed by atoms with van der Waals surface area (Å²) in [5.74, 6) is 0.189. The molecule has 0 amide bonds. The predicted octanol–water partition coefficient (Wildman–Crippen LogP) is 4.92. The highest BCUT2D eigenvalue weighted by Crippen LogP contribution is 2.26. The Hall–Kier alpha value is -4.71. The molecule has 4 aromatic carbocycles. The third-order valence-corrected chi connectivity index (χ3v) is 7.34. The first-order valence-electron chi connectivity index (χ1n) is 12.1. The van der Waals surface area contributed by atoms with Crippen LogP contribution in [0.5, 0.6) is 23.0 Å². The van der Waals surface area contributed by atoms with Crippen molar-refractivity contribution in [2.75, 3.05) is 27.8 Å². The molecule has 0 N–H and O–H groups in total. The number of benzene rings is 4. The van der Waals surface area contributed by atoms with Crippen molar-refractivity contribution in [3.05, 3.63) is 108 Å². The monoisotopic (exact) mass is 578 g/mol. The lowest BCUT2D eigenvalue weighted by Crippen LogP contribution is -2.09. The van der Waals surface area contributed by atoms with Gasteiger partial charge in [0.1, 0.15) is 23.0 Å². The van der Waals surface area contributed by atoms with Gasteiger partial charge in [0.05, 0.1) is 20.9 Å². The topological polar surface area (TPSA) is 124 Å². The summed E-state index contributed by atoms with van der Waals surface area (Å²) in [6.45, 7) is 0.163. The van der Waals surface area contributed by atoms with Crippen LogP contribution in [0.1, 0.15) is 20.7 Å². The zero-order valence-electron chi connectivity index (χ0n) is 22.1. The molecular weight excluding hydrogens is 552 g/mol. The molecule has 4 aromatic rings. The average molecular weight is 579 g/mol. The van der Waals surface area contributed by atoms with Crippen LogP contribution in [0.2, 0.25) is 0 Å². The second-order valence-corrected chi connectivity index (χ2v) is 10.3. The van der Waals surface area contributed by atoms with Gasteiger partial charge in [0.25, 0.3) is 0 Å². The van der Waals surface area contributed by atoms with Crippen molar-refractivity contribution >= 4 is 21.8 Å². The van der Waals surface area contributed by atoms with Gasteiger partial charge in [-0.2, -0.15) is 0 Å². The molecule has 0 aromatic heterocycles. The maximum atomic E-state index is 13.1. The second kappa shape index (κ2) is 13.6. The summed E-state index contributed by atoms with van der Waals surface area (Å²) in [4.78, 5) is 24.9. The van der Waals surface area contributed by atoms with Crippen molar-refractivity contribution in [3.63, 3.8) is 0 Å². The molecule has 0 atom stereocenters. The fraction of sp³-hybridized carbons (Fsp3) is 0.133. The Morgan fingerprint density at radius 2 is 0.829 bits per heavy atom. The number of ether oxygens (including phenoxy) is 6. The number of methoxy groups -OCH3 is 2. The van der Waals surface area contributed by atoms with Gasteiger partial charge in [-0.1, -0.05) is 0 Å². The average Bonchev–Trinajstić information content (AvgIpc) is 3.00. The molecular formula is C30H26O10S. The second-order valence-electron chi connectivity index (χ2n) is 8.38. The fourth-order valence-corrected chi connectivity index (χ4v) is 4.73. The van der Waals surface area contributed by atoms with Crippen LogP contribution in [0.25, 0.3) is 0 Å². The molecule has 0 aliphatic carbocycles. The highest BCUT2D eigenvalue weighted by molar-refractivity contribution is 7.91. The van der Waals surface area contributed by atoms with Gasteiger partial charge in [0, 0.05) is 14.2 Å². The van der Waals surface area contributed by atoms with Crippen molar-refractivity contribution in [3.8, 4) is 23.0 Å². The molecule has 0 spiro atoms. The summed E-state index contributed by atoms with van der Waals surface area (Å²) in [7, 11) is -0.885. The number of carbonyl (C=O) groups is 2. The largest absolute Gasteiger partial charge is 0.468 e. The van der Waals surface area contributed by atoms with E-state index in [0.717, 1.165) is 0 Å².